The van der Waals surface area contributed by atoms with Gasteiger partial charge in [-0.25, -0.2) is 0 Å². The van der Waals surface area contributed by atoms with Crippen molar-refractivity contribution in [3.63, 3.8) is 0 Å². The minimum atomic E-state index is -0.0783. The average Bonchev–Trinajstić information content (AvgIpc) is 3.34. The normalized spacial score (nSPS) is 57.0. The third-order valence-electron chi connectivity index (χ3n) is 12.6. The zero-order valence-corrected chi connectivity index (χ0v) is 20.2. The van der Waals surface area contributed by atoms with Crippen molar-refractivity contribution >= 4 is 11.8 Å². The molecule has 180 valence electrons. The minimum Gasteiger partial charge on any atom is -0.351 e. The smallest absolute Gasteiger partial charge is 0.226 e. The van der Waals surface area contributed by atoms with Gasteiger partial charge in [0.05, 0.1) is 12.1 Å². The molecule has 0 radical (unpaired) electrons. The summed E-state index contributed by atoms with van der Waals surface area (Å²) < 4.78 is 0. The molecule has 0 aliphatic heterocycles. The summed E-state index contributed by atoms with van der Waals surface area (Å²) in [6.45, 7) is 0. The van der Waals surface area contributed by atoms with Crippen LogP contribution in [0.5, 0.6) is 0 Å². The number of carbonyl (C=O) groups excluding carboxylic acids is 2. The molecule has 10 rings (SSSR count). The van der Waals surface area contributed by atoms with Crippen molar-refractivity contribution in [2.75, 3.05) is 0 Å². The summed E-state index contributed by atoms with van der Waals surface area (Å²) in [6.07, 6.45) is 18.8. The van der Waals surface area contributed by atoms with Gasteiger partial charge in [-0.1, -0.05) is 0 Å². The van der Waals surface area contributed by atoms with Crippen LogP contribution in [0, 0.1) is 58.2 Å². The van der Waals surface area contributed by atoms with E-state index < -0.39 is 0 Å². The Labute approximate surface area is 198 Å². The van der Waals surface area contributed by atoms with Crippen LogP contribution in [-0.4, -0.2) is 23.9 Å². The second kappa shape index (κ2) is 6.78. The highest BCUT2D eigenvalue weighted by atomic mass is 16.2. The maximum atomic E-state index is 13.9. The molecule has 4 unspecified atom stereocenters. The van der Waals surface area contributed by atoms with Crippen LogP contribution in [0.25, 0.3) is 0 Å². The van der Waals surface area contributed by atoms with Crippen molar-refractivity contribution in [1.82, 2.24) is 10.6 Å². The molecular weight excluding hydrogens is 408 g/mol. The van der Waals surface area contributed by atoms with E-state index in [0.29, 0.717) is 23.7 Å². The molecule has 2 amide bonds. The van der Waals surface area contributed by atoms with Gasteiger partial charge in [0.25, 0.3) is 0 Å². The second-order valence-corrected chi connectivity index (χ2v) is 14.7. The van der Waals surface area contributed by atoms with E-state index in [1.165, 1.54) is 57.8 Å². The number of hydrogen-bond donors (Lipinski definition) is 2. The number of carbonyl (C=O) groups is 2. The Morgan fingerprint density at radius 2 is 0.788 bits per heavy atom. The molecule has 0 saturated heterocycles. The first-order valence-corrected chi connectivity index (χ1v) is 14.6. The predicted molar refractivity (Wildman–Crippen MR) is 126 cm³/mol. The second-order valence-electron chi connectivity index (χ2n) is 14.7. The van der Waals surface area contributed by atoms with E-state index in [4.69, 9.17) is 0 Å². The van der Waals surface area contributed by atoms with E-state index in [2.05, 4.69) is 10.6 Å². The molecule has 4 atom stereocenters. The number of fused-ring (bicyclic) bond motifs is 2. The van der Waals surface area contributed by atoms with Crippen molar-refractivity contribution in [2.45, 2.75) is 108 Å². The fourth-order valence-corrected chi connectivity index (χ4v) is 12.1. The lowest BCUT2D eigenvalue weighted by Crippen LogP contribution is -2.62. The first-order valence-electron chi connectivity index (χ1n) is 14.6. The Balaban J connectivity index is 1.01. The van der Waals surface area contributed by atoms with Crippen LogP contribution in [-0.2, 0) is 9.59 Å². The predicted octanol–water partition coefficient (Wildman–Crippen LogP) is 4.82. The van der Waals surface area contributed by atoms with E-state index >= 15 is 0 Å². The van der Waals surface area contributed by atoms with Gasteiger partial charge < -0.3 is 10.6 Å². The molecule has 10 aliphatic carbocycles. The van der Waals surface area contributed by atoms with Gasteiger partial charge in [-0.3, -0.25) is 9.59 Å². The van der Waals surface area contributed by atoms with Crippen molar-refractivity contribution in [1.29, 1.82) is 0 Å². The molecule has 0 aromatic carbocycles. The Kier molecular flexibility index (Phi) is 4.15. The van der Waals surface area contributed by atoms with Gasteiger partial charge in [-0.05, 0) is 144 Å². The largest absolute Gasteiger partial charge is 0.351 e. The Morgan fingerprint density at radius 1 is 0.485 bits per heavy atom. The molecular formula is C29H42N2O2. The lowest BCUT2D eigenvalue weighted by Gasteiger charge is -2.56. The third kappa shape index (κ3) is 2.94. The lowest BCUT2D eigenvalue weighted by molar-refractivity contribution is -0.150. The highest BCUT2D eigenvalue weighted by Crippen LogP contribution is 2.61. The van der Waals surface area contributed by atoms with Crippen molar-refractivity contribution in [3.8, 4) is 0 Å². The molecule has 4 nitrogen and oxygen atoms in total. The summed E-state index contributed by atoms with van der Waals surface area (Å²) >= 11 is 0. The fraction of sp³-hybridized carbons (Fsp3) is 0.931. The average molecular weight is 451 g/mol. The number of amides is 2. The van der Waals surface area contributed by atoms with Crippen molar-refractivity contribution in [2.24, 2.45) is 58.2 Å². The van der Waals surface area contributed by atoms with Gasteiger partial charge in [0, 0.05) is 10.8 Å². The van der Waals surface area contributed by atoms with Gasteiger partial charge in [0.2, 0.25) is 11.8 Å². The highest BCUT2D eigenvalue weighted by molar-refractivity contribution is 5.85. The number of nitrogens with one attached hydrogen (secondary N) is 2. The molecule has 10 aliphatic rings. The molecule has 4 heteroatoms. The van der Waals surface area contributed by atoms with Gasteiger partial charge in [0.15, 0.2) is 0 Å². The summed E-state index contributed by atoms with van der Waals surface area (Å²) in [5, 5.41) is 7.29. The van der Waals surface area contributed by atoms with Crippen LogP contribution in [0.3, 0.4) is 0 Å². The fourth-order valence-electron chi connectivity index (χ4n) is 12.1. The Hall–Kier alpha value is -1.06. The van der Waals surface area contributed by atoms with Crippen LogP contribution >= 0.6 is 0 Å². The molecule has 10 bridgehead atoms. The maximum absolute atomic E-state index is 13.9. The maximum Gasteiger partial charge on any atom is 0.226 e. The van der Waals surface area contributed by atoms with Crippen LogP contribution in [0.2, 0.25) is 0 Å². The van der Waals surface area contributed by atoms with Gasteiger partial charge in [-0.2, -0.15) is 0 Å². The summed E-state index contributed by atoms with van der Waals surface area (Å²) in [5.74, 6) is 6.69. The zero-order valence-electron chi connectivity index (χ0n) is 20.2. The Morgan fingerprint density at radius 3 is 1.09 bits per heavy atom. The molecule has 0 aromatic rings. The van der Waals surface area contributed by atoms with Crippen LogP contribution < -0.4 is 10.6 Å². The zero-order chi connectivity index (χ0) is 21.9. The molecule has 33 heavy (non-hydrogen) atoms. The van der Waals surface area contributed by atoms with Gasteiger partial charge >= 0.3 is 0 Å². The molecule has 10 fully saturated rings. The van der Waals surface area contributed by atoms with Gasteiger partial charge in [-0.15, -0.1) is 0 Å². The first-order chi connectivity index (χ1) is 16.0. The topological polar surface area (TPSA) is 58.2 Å². The van der Waals surface area contributed by atoms with Crippen LogP contribution in [0.15, 0.2) is 0 Å². The molecule has 10 saturated carbocycles. The standard InChI is InChI=1S/C29H42N2O2/c32-26(28-10-16-3-17(11-28)5-18(4-16)12-28)30-24-22-1-2-23(9-22)25(24)31-27(33)29-13-19-6-20(14-29)8-21(7-19)15-29/h16-25H,1-15H2,(H,30,32)(H,31,33). The van der Waals surface area contributed by atoms with E-state index in [0.717, 1.165) is 74.0 Å². The molecule has 0 heterocycles. The lowest BCUT2D eigenvalue weighted by atomic mass is 9.49. The van der Waals surface area contributed by atoms with Gasteiger partial charge in [0.1, 0.15) is 0 Å². The minimum absolute atomic E-state index is 0.0783. The van der Waals surface area contributed by atoms with E-state index in [1.807, 2.05) is 0 Å². The van der Waals surface area contributed by atoms with E-state index in [9.17, 15) is 9.59 Å². The first kappa shape index (κ1) is 20.2. The summed E-state index contributed by atoms with van der Waals surface area (Å²) in [6, 6.07) is 0.365. The summed E-state index contributed by atoms with van der Waals surface area (Å²) in [4.78, 5) is 27.7. The van der Waals surface area contributed by atoms with Crippen LogP contribution in [0.4, 0.5) is 0 Å². The number of hydrogen-bond acceptors (Lipinski definition) is 2. The molecule has 0 aromatic heterocycles. The number of rotatable bonds is 4. The Bertz CT molecular complexity index is 738. The quantitative estimate of drug-likeness (QED) is 0.645. The highest BCUT2D eigenvalue weighted by Gasteiger charge is 2.58. The molecule has 0 spiro atoms. The SMILES string of the molecule is O=C(NC1C2CCC(C2)C1NC(=O)C12CC3CC(CC(C3)C1)C2)C12CC3CC(CC(C3)C1)C2. The summed E-state index contributed by atoms with van der Waals surface area (Å²) in [7, 11) is 0. The van der Waals surface area contributed by atoms with Crippen molar-refractivity contribution < 1.29 is 9.59 Å². The van der Waals surface area contributed by atoms with Crippen molar-refractivity contribution in [3.05, 3.63) is 0 Å². The van der Waals surface area contributed by atoms with Crippen LogP contribution in [0.1, 0.15) is 96.3 Å². The summed E-state index contributed by atoms with van der Waals surface area (Å²) in [5.41, 5.74) is -0.157. The van der Waals surface area contributed by atoms with E-state index in [-0.39, 0.29) is 22.9 Å². The third-order valence-corrected chi connectivity index (χ3v) is 12.6. The molecule has 2 N–H and O–H groups in total. The van der Waals surface area contributed by atoms with E-state index in [1.54, 1.807) is 0 Å². The monoisotopic (exact) mass is 450 g/mol.